The molecule has 20 heteroatoms. The minimum atomic E-state index is -4.94. The van der Waals surface area contributed by atoms with E-state index in [0.717, 1.165) is 0 Å². The highest BCUT2D eigenvalue weighted by Gasteiger charge is 2.63. The van der Waals surface area contributed by atoms with E-state index in [-0.39, 0.29) is 37.3 Å². The summed E-state index contributed by atoms with van der Waals surface area (Å²) in [5.74, 6) is -2.67. The lowest BCUT2D eigenvalue weighted by Crippen LogP contribution is -2.59. The Morgan fingerprint density at radius 3 is 2.31 bits per heavy atom. The van der Waals surface area contributed by atoms with Crippen LogP contribution >= 0.6 is 0 Å². The molecule has 1 saturated heterocycles. The number of methoxy groups -OCH3 is 1. The summed E-state index contributed by atoms with van der Waals surface area (Å²) in [4.78, 5) is 68.1. The quantitative estimate of drug-likeness (QED) is 0.171. The number of rotatable bonds is 11. The molecule has 4 aliphatic rings. The highest BCUT2D eigenvalue weighted by atomic mass is 32.2. The van der Waals surface area contributed by atoms with Gasteiger partial charge in [0, 0.05) is 24.0 Å². The van der Waals surface area contributed by atoms with E-state index in [2.05, 4.69) is 15.4 Å². The largest absolute Gasteiger partial charge is 0.497 e. The Labute approximate surface area is 388 Å². The standard InChI is InChI=1S/C47H59F3N6O10S/c1-26(2)64-31-15-13-29(14-16-31)38-40(52-34-18-17-32(63-8)22-35(34)51-38)65-33-23-36-39(57)54-46(42(59)55-67(61,62)45(7)19-20-45)24-30(46)12-10-9-11-27(3)21-28(4)37(41(58)56(36)25-33)53-43(60)66-44(5,6)47(48,49)50/h10,12-18,22,26-28,30,33,36-37H,9,11,19-21,23-25H2,1-8H3,(H,53,60)(H,54,57)(H,55,59)/b12-10-/t27-,28-,30?,33-,36+,37+,46-/m1/s1. The molecule has 2 aromatic carbocycles. The minimum Gasteiger partial charge on any atom is -0.497 e. The molecule has 7 atom stereocenters. The summed E-state index contributed by atoms with van der Waals surface area (Å²) in [5, 5.41) is 5.22. The lowest BCUT2D eigenvalue weighted by atomic mass is 9.88. The topological polar surface area (TPSA) is 204 Å². The lowest BCUT2D eigenvalue weighted by molar-refractivity contribution is -0.244. The second kappa shape index (κ2) is 18.4. The average Bonchev–Trinajstić information content (AvgIpc) is 4.13. The number of nitrogens with one attached hydrogen (secondary N) is 3. The number of carbonyl (C=O) groups excluding carboxylic acids is 4. The molecule has 3 aromatic rings. The van der Waals surface area contributed by atoms with E-state index in [9.17, 15) is 36.0 Å². The normalized spacial score (nSPS) is 27.1. The molecule has 1 aromatic heterocycles. The molecular weight excluding hydrogens is 898 g/mol. The lowest BCUT2D eigenvalue weighted by Gasteiger charge is -2.34. The smallest absolute Gasteiger partial charge is 0.427 e. The predicted molar refractivity (Wildman–Crippen MR) is 240 cm³/mol. The third kappa shape index (κ3) is 10.6. The fraction of sp³-hybridized carbons (Fsp3) is 0.574. The Balaban J connectivity index is 1.27. The predicted octanol–water partition coefficient (Wildman–Crippen LogP) is 6.76. The summed E-state index contributed by atoms with van der Waals surface area (Å²) in [6, 6.07) is 9.33. The number of halogens is 3. The van der Waals surface area contributed by atoms with Crippen molar-refractivity contribution in [3.63, 3.8) is 0 Å². The van der Waals surface area contributed by atoms with Crippen LogP contribution in [0.3, 0.4) is 0 Å². The summed E-state index contributed by atoms with van der Waals surface area (Å²) in [5.41, 5.74) is -2.79. The zero-order valence-corrected chi connectivity index (χ0v) is 39.7. The molecule has 0 radical (unpaired) electrons. The summed E-state index contributed by atoms with van der Waals surface area (Å²) in [6.07, 6.45) is -1.78. The molecule has 7 rings (SSSR count). The Hall–Kier alpha value is -5.66. The summed E-state index contributed by atoms with van der Waals surface area (Å²) in [7, 11) is -2.60. The molecule has 16 nitrogen and oxygen atoms in total. The number of carbonyl (C=O) groups is 4. The van der Waals surface area contributed by atoms with Crippen LogP contribution in [0.5, 0.6) is 17.4 Å². The van der Waals surface area contributed by atoms with E-state index in [1.807, 2.05) is 26.8 Å². The van der Waals surface area contributed by atoms with E-state index in [4.69, 9.17) is 28.9 Å². The fourth-order valence-electron chi connectivity index (χ4n) is 8.58. The maximum atomic E-state index is 15.0. The number of hydrogen-bond acceptors (Lipinski definition) is 12. The van der Waals surface area contributed by atoms with Crippen LogP contribution in [0.4, 0.5) is 18.0 Å². The van der Waals surface area contributed by atoms with Crippen LogP contribution in [-0.4, -0.2) is 107 Å². The van der Waals surface area contributed by atoms with Crippen molar-refractivity contribution in [1.29, 1.82) is 0 Å². The van der Waals surface area contributed by atoms with Gasteiger partial charge in [-0.3, -0.25) is 19.1 Å². The Morgan fingerprint density at radius 1 is 0.985 bits per heavy atom. The van der Waals surface area contributed by atoms with Crippen molar-refractivity contribution in [2.45, 2.75) is 140 Å². The molecule has 1 unspecified atom stereocenters. The van der Waals surface area contributed by atoms with Crippen molar-refractivity contribution in [2.75, 3.05) is 13.7 Å². The number of aromatic nitrogens is 2. The van der Waals surface area contributed by atoms with Crippen molar-refractivity contribution in [3.05, 3.63) is 54.6 Å². The number of fused-ring (bicyclic) bond motifs is 3. The highest BCUT2D eigenvalue weighted by molar-refractivity contribution is 7.91. The first-order valence-corrected chi connectivity index (χ1v) is 24.1. The van der Waals surface area contributed by atoms with Gasteiger partial charge in [-0.2, -0.15) is 13.2 Å². The molecule has 2 saturated carbocycles. The second-order valence-corrected chi connectivity index (χ2v) is 21.6. The molecule has 0 bridgehead atoms. The minimum absolute atomic E-state index is 0.0487. The first kappa shape index (κ1) is 49.3. The Bertz CT molecular complexity index is 2530. The molecule has 4 amide bonds. The number of nitrogens with zero attached hydrogens (tertiary/aromatic N) is 3. The van der Waals surface area contributed by atoms with E-state index in [0.29, 0.717) is 79.7 Å². The van der Waals surface area contributed by atoms with Gasteiger partial charge < -0.3 is 34.5 Å². The van der Waals surface area contributed by atoms with Crippen LogP contribution < -0.4 is 29.6 Å². The van der Waals surface area contributed by atoms with Crippen LogP contribution in [0.1, 0.15) is 93.4 Å². The molecule has 2 aliphatic heterocycles. The van der Waals surface area contributed by atoms with E-state index < -0.39 is 85.9 Å². The zero-order chi connectivity index (χ0) is 48.9. The third-order valence-electron chi connectivity index (χ3n) is 13.2. The number of ether oxygens (including phenoxy) is 4. The van der Waals surface area contributed by atoms with Crippen molar-refractivity contribution in [3.8, 4) is 28.6 Å². The second-order valence-electron chi connectivity index (χ2n) is 19.4. The van der Waals surface area contributed by atoms with Gasteiger partial charge in [-0.15, -0.1) is 0 Å². The number of alkyl halides is 3. The van der Waals surface area contributed by atoms with Gasteiger partial charge in [-0.1, -0.05) is 26.0 Å². The van der Waals surface area contributed by atoms with Gasteiger partial charge in [0.1, 0.15) is 40.9 Å². The van der Waals surface area contributed by atoms with Gasteiger partial charge in [-0.05, 0) is 121 Å². The number of amides is 4. The van der Waals surface area contributed by atoms with Crippen molar-refractivity contribution >= 4 is 44.9 Å². The fourth-order valence-corrected chi connectivity index (χ4v) is 9.89. The maximum absolute atomic E-state index is 15.0. The summed E-state index contributed by atoms with van der Waals surface area (Å²) >= 11 is 0. The van der Waals surface area contributed by atoms with Gasteiger partial charge in [0.2, 0.25) is 33.3 Å². The van der Waals surface area contributed by atoms with Gasteiger partial charge in [0.25, 0.3) is 5.91 Å². The van der Waals surface area contributed by atoms with Gasteiger partial charge in [-0.25, -0.2) is 23.2 Å². The molecule has 67 heavy (non-hydrogen) atoms. The van der Waals surface area contributed by atoms with Crippen LogP contribution in [0, 0.1) is 17.8 Å². The molecule has 0 spiro atoms. The first-order valence-electron chi connectivity index (χ1n) is 22.6. The van der Waals surface area contributed by atoms with Crippen molar-refractivity contribution in [1.82, 2.24) is 30.2 Å². The third-order valence-corrected chi connectivity index (χ3v) is 15.3. The Morgan fingerprint density at radius 2 is 1.67 bits per heavy atom. The number of hydrogen-bond donors (Lipinski definition) is 3. The number of benzene rings is 2. The monoisotopic (exact) mass is 956 g/mol. The van der Waals surface area contributed by atoms with E-state index in [1.165, 1.54) is 18.9 Å². The summed E-state index contributed by atoms with van der Waals surface area (Å²) in [6.45, 7) is 10.0. The van der Waals surface area contributed by atoms with Crippen molar-refractivity contribution < 1.29 is 59.7 Å². The highest BCUT2D eigenvalue weighted by Crippen LogP contribution is 2.48. The number of alkyl carbamates (subject to hydrolysis) is 1. The molecule has 3 fully saturated rings. The maximum Gasteiger partial charge on any atom is 0.427 e. The summed E-state index contributed by atoms with van der Waals surface area (Å²) < 4.78 is 92.2. The number of sulfonamides is 1. The zero-order valence-electron chi connectivity index (χ0n) is 38.9. The molecule has 2 aliphatic carbocycles. The van der Waals surface area contributed by atoms with Gasteiger partial charge in [0.15, 0.2) is 0 Å². The van der Waals surface area contributed by atoms with Crippen LogP contribution in [0.2, 0.25) is 0 Å². The van der Waals surface area contributed by atoms with Gasteiger partial charge >= 0.3 is 12.3 Å². The molecule has 3 N–H and O–H groups in total. The average molecular weight is 957 g/mol. The molecule has 364 valence electrons. The van der Waals surface area contributed by atoms with Crippen LogP contribution in [-0.2, 0) is 29.1 Å². The SMILES string of the molecule is COc1ccc2nc(O[C@@H]3C[C@H]4C(=O)N[C@]5(C(=O)NS(=O)(=O)C6(C)CC6)CC5/C=C\CC[C@@H](C)C[C@@H](C)[C@H](NC(=O)OC(C)(C)C(F)(F)F)C(=O)N4C3)c(-c3ccc(OC(C)C)cc3)nc2c1. The van der Waals surface area contributed by atoms with E-state index >= 15 is 4.79 Å². The molecule has 3 heterocycles. The Kier molecular flexibility index (Phi) is 13.6. The first-order chi connectivity index (χ1) is 31.3. The van der Waals surface area contributed by atoms with Crippen LogP contribution in [0.15, 0.2) is 54.6 Å². The van der Waals surface area contributed by atoms with Crippen molar-refractivity contribution in [2.24, 2.45) is 17.8 Å². The molecular formula is C47H59F3N6O10S. The van der Waals surface area contributed by atoms with Gasteiger partial charge in [0.05, 0.1) is 35.5 Å². The number of allylic oxidation sites excluding steroid dienone is 1. The van der Waals surface area contributed by atoms with Crippen LogP contribution in [0.25, 0.3) is 22.3 Å². The van der Waals surface area contributed by atoms with E-state index in [1.54, 1.807) is 55.5 Å².